The van der Waals surface area contributed by atoms with Crippen molar-refractivity contribution in [2.75, 3.05) is 6.54 Å². The highest BCUT2D eigenvalue weighted by molar-refractivity contribution is 5.76. The Balaban J connectivity index is 2.17. The maximum atomic E-state index is 11.0. The largest absolute Gasteiger partial charge is 0.336 e. The van der Waals surface area contributed by atoms with E-state index in [-0.39, 0.29) is 17.5 Å². The number of carbonyl (C=O) groups excluding carboxylic acids is 1. The first-order chi connectivity index (χ1) is 7.47. The molecule has 2 N–H and O–H groups in total. The van der Waals surface area contributed by atoms with Gasteiger partial charge in [-0.3, -0.25) is 0 Å². The summed E-state index contributed by atoms with van der Waals surface area (Å²) < 4.78 is 0. The van der Waals surface area contributed by atoms with Crippen LogP contribution in [0.1, 0.15) is 37.9 Å². The molecule has 0 saturated carbocycles. The van der Waals surface area contributed by atoms with E-state index in [1.165, 1.54) is 5.56 Å². The Morgan fingerprint density at radius 1 is 1.19 bits per heavy atom. The van der Waals surface area contributed by atoms with Crippen molar-refractivity contribution < 1.29 is 4.79 Å². The Kier molecular flexibility index (Phi) is 2.62. The molecule has 0 unspecified atom stereocenters. The van der Waals surface area contributed by atoms with E-state index in [1.807, 2.05) is 0 Å². The van der Waals surface area contributed by atoms with Crippen molar-refractivity contribution >= 4 is 6.03 Å². The number of amides is 2. The normalized spacial score (nSPS) is 20.4. The zero-order valence-corrected chi connectivity index (χ0v) is 10.0. The fraction of sp³-hybridized carbons (Fsp3) is 0.462. The number of rotatable bonds is 1. The van der Waals surface area contributed by atoms with E-state index >= 15 is 0 Å². The van der Waals surface area contributed by atoms with Crippen molar-refractivity contribution in [3.05, 3.63) is 35.4 Å². The van der Waals surface area contributed by atoms with Crippen LogP contribution >= 0.6 is 0 Å². The minimum absolute atomic E-state index is 0.0788. The highest BCUT2D eigenvalue weighted by Gasteiger charge is 2.22. The first-order valence-corrected chi connectivity index (χ1v) is 5.61. The molecule has 1 aromatic carbocycles. The van der Waals surface area contributed by atoms with E-state index in [0.717, 1.165) is 5.56 Å². The maximum Gasteiger partial charge on any atom is 0.315 e. The van der Waals surface area contributed by atoms with Crippen molar-refractivity contribution in [3.63, 3.8) is 0 Å². The molecule has 1 saturated heterocycles. The summed E-state index contributed by atoms with van der Waals surface area (Å²) in [6, 6.07) is 8.50. The molecule has 86 valence electrons. The van der Waals surface area contributed by atoms with Crippen LogP contribution in [0.2, 0.25) is 0 Å². The number of urea groups is 1. The zero-order valence-electron chi connectivity index (χ0n) is 10.0. The van der Waals surface area contributed by atoms with Crippen LogP contribution in [-0.4, -0.2) is 12.6 Å². The van der Waals surface area contributed by atoms with E-state index in [0.29, 0.717) is 6.54 Å². The Bertz CT molecular complexity index is 389. The molecule has 16 heavy (non-hydrogen) atoms. The Labute approximate surface area is 96.2 Å². The van der Waals surface area contributed by atoms with Crippen molar-refractivity contribution in [1.82, 2.24) is 10.6 Å². The molecule has 0 radical (unpaired) electrons. The number of nitrogens with one attached hydrogen (secondary N) is 2. The number of carbonyl (C=O) groups is 1. The van der Waals surface area contributed by atoms with Crippen LogP contribution in [0, 0.1) is 0 Å². The van der Waals surface area contributed by atoms with E-state index in [4.69, 9.17) is 0 Å². The first kappa shape index (κ1) is 11.0. The molecule has 1 aliphatic heterocycles. The van der Waals surface area contributed by atoms with Gasteiger partial charge in [0.1, 0.15) is 0 Å². The van der Waals surface area contributed by atoms with E-state index in [2.05, 4.69) is 55.7 Å². The Morgan fingerprint density at radius 3 is 2.25 bits per heavy atom. The number of hydrogen-bond acceptors (Lipinski definition) is 1. The summed E-state index contributed by atoms with van der Waals surface area (Å²) in [7, 11) is 0. The van der Waals surface area contributed by atoms with Crippen LogP contribution in [-0.2, 0) is 5.41 Å². The van der Waals surface area contributed by atoms with Gasteiger partial charge >= 0.3 is 6.03 Å². The monoisotopic (exact) mass is 218 g/mol. The smallest absolute Gasteiger partial charge is 0.315 e. The Morgan fingerprint density at radius 2 is 1.81 bits per heavy atom. The van der Waals surface area contributed by atoms with Gasteiger partial charge in [-0.05, 0) is 16.5 Å². The molecule has 1 heterocycles. The van der Waals surface area contributed by atoms with Crippen LogP contribution < -0.4 is 10.6 Å². The summed E-state index contributed by atoms with van der Waals surface area (Å²) in [5.41, 5.74) is 2.65. The van der Waals surface area contributed by atoms with Gasteiger partial charge in [-0.25, -0.2) is 4.79 Å². The highest BCUT2D eigenvalue weighted by atomic mass is 16.2. The van der Waals surface area contributed by atoms with Gasteiger partial charge in [-0.2, -0.15) is 0 Å². The standard InChI is InChI=1S/C13H18N2O/c1-13(2,3)10-6-4-9(5-7-10)11-8-14-12(16)15-11/h4-7,11H,8H2,1-3H3,(H2,14,15,16)/t11-/m0/s1. The summed E-state index contributed by atoms with van der Waals surface area (Å²) in [4.78, 5) is 11.0. The molecular weight excluding hydrogens is 200 g/mol. The van der Waals surface area contributed by atoms with Crippen molar-refractivity contribution in [2.24, 2.45) is 0 Å². The lowest BCUT2D eigenvalue weighted by Gasteiger charge is -2.20. The predicted molar refractivity (Wildman–Crippen MR) is 64.4 cm³/mol. The minimum Gasteiger partial charge on any atom is -0.336 e. The van der Waals surface area contributed by atoms with Gasteiger partial charge in [0.25, 0.3) is 0 Å². The van der Waals surface area contributed by atoms with Crippen LogP contribution in [0.15, 0.2) is 24.3 Å². The topological polar surface area (TPSA) is 41.1 Å². The predicted octanol–water partition coefficient (Wildman–Crippen LogP) is 2.34. The summed E-state index contributed by atoms with van der Waals surface area (Å²) in [6.07, 6.45) is 0. The fourth-order valence-corrected chi connectivity index (χ4v) is 1.87. The molecule has 0 bridgehead atoms. The van der Waals surface area contributed by atoms with E-state index in [9.17, 15) is 4.79 Å². The third-order valence-electron chi connectivity index (χ3n) is 2.95. The van der Waals surface area contributed by atoms with Gasteiger partial charge in [-0.1, -0.05) is 45.0 Å². The highest BCUT2D eigenvalue weighted by Crippen LogP contribution is 2.24. The van der Waals surface area contributed by atoms with Gasteiger partial charge < -0.3 is 10.6 Å². The summed E-state index contributed by atoms with van der Waals surface area (Å²) >= 11 is 0. The maximum absolute atomic E-state index is 11.0. The minimum atomic E-state index is -0.0788. The summed E-state index contributed by atoms with van der Waals surface area (Å²) in [6.45, 7) is 7.26. The molecule has 1 aliphatic rings. The summed E-state index contributed by atoms with van der Waals surface area (Å²) in [5, 5.41) is 5.64. The lowest BCUT2D eigenvalue weighted by molar-refractivity contribution is 0.247. The average molecular weight is 218 g/mol. The third kappa shape index (κ3) is 2.18. The van der Waals surface area contributed by atoms with Crippen LogP contribution in [0.3, 0.4) is 0 Å². The molecule has 1 fully saturated rings. The van der Waals surface area contributed by atoms with Crippen molar-refractivity contribution in [3.8, 4) is 0 Å². The van der Waals surface area contributed by atoms with Crippen LogP contribution in [0.4, 0.5) is 4.79 Å². The van der Waals surface area contributed by atoms with E-state index in [1.54, 1.807) is 0 Å². The molecule has 1 atom stereocenters. The van der Waals surface area contributed by atoms with Crippen molar-refractivity contribution in [1.29, 1.82) is 0 Å². The second-order valence-electron chi connectivity index (χ2n) is 5.28. The molecule has 0 aliphatic carbocycles. The summed E-state index contributed by atoms with van der Waals surface area (Å²) in [5.74, 6) is 0. The van der Waals surface area contributed by atoms with Crippen LogP contribution in [0.25, 0.3) is 0 Å². The van der Waals surface area contributed by atoms with Gasteiger partial charge in [-0.15, -0.1) is 0 Å². The van der Waals surface area contributed by atoms with Gasteiger partial charge in [0.05, 0.1) is 6.04 Å². The quantitative estimate of drug-likeness (QED) is 0.746. The molecule has 1 aromatic rings. The van der Waals surface area contributed by atoms with Crippen LogP contribution in [0.5, 0.6) is 0 Å². The average Bonchev–Trinajstić information content (AvgIpc) is 2.64. The lowest BCUT2D eigenvalue weighted by Crippen LogP contribution is -2.21. The number of hydrogen-bond donors (Lipinski definition) is 2. The zero-order chi connectivity index (χ0) is 11.8. The molecule has 3 nitrogen and oxygen atoms in total. The molecule has 0 spiro atoms. The van der Waals surface area contributed by atoms with E-state index < -0.39 is 0 Å². The Hall–Kier alpha value is -1.51. The molecule has 2 rings (SSSR count). The molecule has 0 aromatic heterocycles. The lowest BCUT2D eigenvalue weighted by atomic mass is 9.86. The van der Waals surface area contributed by atoms with Gasteiger partial charge in [0.15, 0.2) is 0 Å². The molecular formula is C13H18N2O. The SMILES string of the molecule is CC(C)(C)c1ccc([C@@H]2CNC(=O)N2)cc1. The second-order valence-corrected chi connectivity index (χ2v) is 5.28. The fourth-order valence-electron chi connectivity index (χ4n) is 1.87. The second kappa shape index (κ2) is 3.81. The van der Waals surface area contributed by atoms with Crippen molar-refractivity contribution in [2.45, 2.75) is 32.2 Å². The van der Waals surface area contributed by atoms with Gasteiger partial charge in [0.2, 0.25) is 0 Å². The first-order valence-electron chi connectivity index (χ1n) is 5.61. The molecule has 3 heteroatoms. The third-order valence-corrected chi connectivity index (χ3v) is 2.95. The van der Waals surface area contributed by atoms with Gasteiger partial charge in [0, 0.05) is 6.54 Å². The number of benzene rings is 1. The molecule has 2 amide bonds.